The first-order valence-electron chi connectivity index (χ1n) is 7.83. The Bertz CT molecular complexity index is 728. The van der Waals surface area contributed by atoms with Crippen molar-refractivity contribution in [2.45, 2.75) is 25.5 Å². The lowest BCUT2D eigenvalue weighted by molar-refractivity contribution is -0.0847. The average molecular weight is 348 g/mol. The van der Waals surface area contributed by atoms with Crippen LogP contribution < -0.4 is 0 Å². The van der Waals surface area contributed by atoms with Crippen molar-refractivity contribution in [1.82, 2.24) is 4.90 Å². The maximum absolute atomic E-state index is 14.2. The van der Waals surface area contributed by atoms with Gasteiger partial charge in [0.15, 0.2) is 0 Å². The molecule has 2 aromatic rings. The van der Waals surface area contributed by atoms with E-state index in [9.17, 15) is 9.18 Å². The molecule has 3 rings (SSSR count). The Morgan fingerprint density at radius 1 is 1.21 bits per heavy atom. The normalized spacial score (nSPS) is 20.0. The van der Waals surface area contributed by atoms with Gasteiger partial charge in [-0.05, 0) is 31.5 Å². The predicted molar refractivity (Wildman–Crippen MR) is 91.7 cm³/mol. The van der Waals surface area contributed by atoms with E-state index < -0.39 is 17.3 Å². The van der Waals surface area contributed by atoms with E-state index in [1.165, 1.54) is 18.2 Å². The fraction of sp³-hybridized carbons (Fsp3) is 0.316. The first-order chi connectivity index (χ1) is 11.4. The monoisotopic (exact) mass is 347 g/mol. The molecule has 1 aliphatic rings. The van der Waals surface area contributed by atoms with E-state index in [4.69, 9.17) is 16.3 Å². The van der Waals surface area contributed by atoms with Crippen LogP contribution in [-0.4, -0.2) is 29.5 Å². The number of carbonyl (C=O) groups is 1. The molecule has 1 atom stereocenters. The summed E-state index contributed by atoms with van der Waals surface area (Å²) in [5, 5.41) is 0.124. The number of hydrogen-bond donors (Lipinski definition) is 0. The van der Waals surface area contributed by atoms with E-state index in [0.717, 1.165) is 5.56 Å². The summed E-state index contributed by atoms with van der Waals surface area (Å²) in [4.78, 5) is 14.6. The quantitative estimate of drug-likeness (QED) is 0.802. The average Bonchev–Trinajstić information content (AvgIpc) is 2.55. The summed E-state index contributed by atoms with van der Waals surface area (Å²) in [6, 6.07) is 14.0. The van der Waals surface area contributed by atoms with Crippen LogP contribution in [0.2, 0.25) is 5.02 Å². The van der Waals surface area contributed by atoms with Crippen LogP contribution >= 0.6 is 11.6 Å². The summed E-state index contributed by atoms with van der Waals surface area (Å²) >= 11 is 6.07. The zero-order valence-electron chi connectivity index (χ0n) is 13.6. The highest BCUT2D eigenvalue weighted by Crippen LogP contribution is 2.33. The minimum Gasteiger partial charge on any atom is -0.369 e. The molecule has 0 aromatic heterocycles. The third-order valence-electron chi connectivity index (χ3n) is 4.31. The van der Waals surface area contributed by atoms with Gasteiger partial charge < -0.3 is 9.64 Å². The number of ether oxygens (including phenoxy) is 1. The Hall–Kier alpha value is -1.91. The topological polar surface area (TPSA) is 29.5 Å². The third-order valence-corrected chi connectivity index (χ3v) is 4.62. The lowest BCUT2D eigenvalue weighted by Gasteiger charge is -2.45. The van der Waals surface area contributed by atoms with Crippen molar-refractivity contribution in [3.63, 3.8) is 0 Å². The fourth-order valence-electron chi connectivity index (χ4n) is 2.91. The molecule has 1 saturated heterocycles. The Morgan fingerprint density at radius 3 is 2.58 bits per heavy atom. The molecule has 126 valence electrons. The van der Waals surface area contributed by atoms with Crippen LogP contribution in [0.5, 0.6) is 0 Å². The van der Waals surface area contributed by atoms with Crippen LogP contribution in [-0.2, 0) is 4.74 Å². The highest BCUT2D eigenvalue weighted by atomic mass is 35.5. The molecule has 0 N–H and O–H groups in total. The smallest absolute Gasteiger partial charge is 0.258 e. The number of nitrogens with zero attached hydrogens (tertiary/aromatic N) is 1. The standard InChI is InChI=1S/C19H19ClFNO2/c1-19(2)12-24-16(13-7-4-3-5-8-13)11-22(19)18(23)17-14(20)9-6-10-15(17)21/h3-10,16H,11-12H2,1-2H3. The van der Waals surface area contributed by atoms with E-state index in [2.05, 4.69) is 0 Å². The zero-order valence-corrected chi connectivity index (χ0v) is 14.4. The van der Waals surface area contributed by atoms with Crippen LogP contribution in [0.1, 0.15) is 35.9 Å². The largest absolute Gasteiger partial charge is 0.369 e. The molecule has 1 unspecified atom stereocenters. The van der Waals surface area contributed by atoms with Crippen molar-refractivity contribution in [1.29, 1.82) is 0 Å². The van der Waals surface area contributed by atoms with Crippen LogP contribution in [0.15, 0.2) is 48.5 Å². The van der Waals surface area contributed by atoms with Crippen molar-refractivity contribution in [3.05, 3.63) is 70.5 Å². The Labute approximate surface area is 146 Å². The number of hydrogen-bond acceptors (Lipinski definition) is 2. The van der Waals surface area contributed by atoms with E-state index in [0.29, 0.717) is 13.2 Å². The van der Waals surface area contributed by atoms with E-state index in [1.54, 1.807) is 4.90 Å². The van der Waals surface area contributed by atoms with Gasteiger partial charge in [-0.25, -0.2) is 4.39 Å². The van der Waals surface area contributed by atoms with Crippen molar-refractivity contribution >= 4 is 17.5 Å². The van der Waals surface area contributed by atoms with Gasteiger partial charge in [-0.3, -0.25) is 4.79 Å². The molecule has 2 aromatic carbocycles. The van der Waals surface area contributed by atoms with Gasteiger partial charge in [0, 0.05) is 0 Å². The highest BCUT2D eigenvalue weighted by Gasteiger charge is 2.40. The zero-order chi connectivity index (χ0) is 17.3. The maximum Gasteiger partial charge on any atom is 0.258 e. The molecule has 0 aliphatic carbocycles. The fourth-order valence-corrected chi connectivity index (χ4v) is 3.16. The van der Waals surface area contributed by atoms with E-state index in [-0.39, 0.29) is 16.7 Å². The molecule has 1 aliphatic heterocycles. The second-order valence-electron chi connectivity index (χ2n) is 6.54. The van der Waals surface area contributed by atoms with Crippen LogP contribution in [0.3, 0.4) is 0 Å². The van der Waals surface area contributed by atoms with E-state index in [1.807, 2.05) is 44.2 Å². The van der Waals surface area contributed by atoms with Crippen molar-refractivity contribution in [2.24, 2.45) is 0 Å². The molecule has 0 radical (unpaired) electrons. The predicted octanol–water partition coefficient (Wildman–Crippen LogP) is 4.47. The Balaban J connectivity index is 1.93. The van der Waals surface area contributed by atoms with Gasteiger partial charge in [0.2, 0.25) is 0 Å². The molecular formula is C19H19ClFNO2. The Morgan fingerprint density at radius 2 is 1.92 bits per heavy atom. The number of carbonyl (C=O) groups excluding carboxylic acids is 1. The molecule has 24 heavy (non-hydrogen) atoms. The summed E-state index contributed by atoms with van der Waals surface area (Å²) in [7, 11) is 0. The second kappa shape index (κ2) is 6.54. The lowest BCUT2D eigenvalue weighted by atomic mass is 9.96. The molecule has 3 nitrogen and oxygen atoms in total. The SMILES string of the molecule is CC1(C)COC(c2ccccc2)CN1C(=O)c1c(F)cccc1Cl. The molecule has 5 heteroatoms. The molecule has 1 heterocycles. The van der Waals surface area contributed by atoms with E-state index >= 15 is 0 Å². The van der Waals surface area contributed by atoms with Gasteiger partial charge in [-0.1, -0.05) is 48.0 Å². The number of benzene rings is 2. The summed E-state index contributed by atoms with van der Waals surface area (Å²) in [5.41, 5.74) is 0.361. The van der Waals surface area contributed by atoms with Crippen LogP contribution in [0.4, 0.5) is 4.39 Å². The molecule has 0 saturated carbocycles. The van der Waals surface area contributed by atoms with Gasteiger partial charge in [-0.2, -0.15) is 0 Å². The summed E-state index contributed by atoms with van der Waals surface area (Å²) in [5.74, 6) is -1.02. The number of halogens is 2. The summed E-state index contributed by atoms with van der Waals surface area (Å²) < 4.78 is 20.1. The van der Waals surface area contributed by atoms with Gasteiger partial charge in [0.25, 0.3) is 5.91 Å². The number of amides is 1. The van der Waals surface area contributed by atoms with Gasteiger partial charge in [0.05, 0.1) is 29.3 Å². The minimum absolute atomic E-state index is 0.0825. The van der Waals surface area contributed by atoms with Gasteiger partial charge in [-0.15, -0.1) is 0 Å². The Kier molecular flexibility index (Phi) is 4.61. The summed E-state index contributed by atoms with van der Waals surface area (Å²) in [6.07, 6.45) is -0.242. The molecule has 0 bridgehead atoms. The van der Waals surface area contributed by atoms with Gasteiger partial charge in [0.1, 0.15) is 11.9 Å². The van der Waals surface area contributed by atoms with Crippen molar-refractivity contribution in [2.75, 3.05) is 13.2 Å². The first kappa shape index (κ1) is 16.9. The maximum atomic E-state index is 14.2. The third kappa shape index (κ3) is 3.17. The van der Waals surface area contributed by atoms with Crippen LogP contribution in [0, 0.1) is 5.82 Å². The molecule has 0 spiro atoms. The summed E-state index contributed by atoms with van der Waals surface area (Å²) in [6.45, 7) is 4.52. The molecular weight excluding hydrogens is 329 g/mol. The van der Waals surface area contributed by atoms with Crippen molar-refractivity contribution < 1.29 is 13.9 Å². The van der Waals surface area contributed by atoms with Crippen LogP contribution in [0.25, 0.3) is 0 Å². The lowest BCUT2D eigenvalue weighted by Crippen LogP contribution is -2.56. The van der Waals surface area contributed by atoms with Crippen molar-refractivity contribution in [3.8, 4) is 0 Å². The molecule has 1 fully saturated rings. The highest BCUT2D eigenvalue weighted by molar-refractivity contribution is 6.33. The van der Waals surface area contributed by atoms with Gasteiger partial charge >= 0.3 is 0 Å². The second-order valence-corrected chi connectivity index (χ2v) is 6.94. The minimum atomic E-state index is -0.606. The molecule has 1 amide bonds. The number of rotatable bonds is 2. The first-order valence-corrected chi connectivity index (χ1v) is 8.20. The number of morpholine rings is 1.